The Balaban J connectivity index is 2.19. The monoisotopic (exact) mass is 258 g/mol. The van der Waals surface area contributed by atoms with Gasteiger partial charge in [0.25, 0.3) is 0 Å². The lowest BCUT2D eigenvalue weighted by Gasteiger charge is -2.28. The van der Waals surface area contributed by atoms with Crippen molar-refractivity contribution in [3.63, 3.8) is 0 Å². The Kier molecular flexibility index (Phi) is 5.80. The van der Waals surface area contributed by atoms with Gasteiger partial charge in [0.1, 0.15) is 0 Å². The van der Waals surface area contributed by atoms with E-state index in [4.69, 9.17) is 0 Å². The molecule has 0 saturated heterocycles. The van der Waals surface area contributed by atoms with Crippen molar-refractivity contribution >= 4 is 17.7 Å². The summed E-state index contributed by atoms with van der Waals surface area (Å²) in [6.45, 7) is 6.64. The summed E-state index contributed by atoms with van der Waals surface area (Å²) in [6, 6.07) is 0.396. The van der Waals surface area contributed by atoms with E-state index in [9.17, 15) is 4.79 Å². The van der Waals surface area contributed by atoms with E-state index in [1.165, 1.54) is 12.8 Å². The molecule has 1 rings (SSSR count). The minimum absolute atomic E-state index is 0.00779. The second kappa shape index (κ2) is 6.64. The molecule has 1 fully saturated rings. The summed E-state index contributed by atoms with van der Waals surface area (Å²) in [5.74, 6) is 0.132. The lowest BCUT2D eigenvalue weighted by molar-refractivity contribution is -0.121. The van der Waals surface area contributed by atoms with Gasteiger partial charge in [0.2, 0.25) is 5.91 Å². The molecule has 0 spiro atoms. The van der Waals surface area contributed by atoms with E-state index >= 15 is 0 Å². The first-order valence-electron chi connectivity index (χ1n) is 6.48. The maximum absolute atomic E-state index is 11.7. The molecule has 1 saturated carbocycles. The van der Waals surface area contributed by atoms with E-state index < -0.39 is 0 Å². The van der Waals surface area contributed by atoms with Gasteiger partial charge in [-0.3, -0.25) is 4.79 Å². The van der Waals surface area contributed by atoms with Crippen LogP contribution < -0.4 is 10.6 Å². The highest BCUT2D eigenvalue weighted by molar-refractivity contribution is 7.99. The largest absolute Gasteiger partial charge is 0.352 e. The minimum atomic E-state index is 0.00779. The normalized spacial score (nSPS) is 25.6. The van der Waals surface area contributed by atoms with Crippen molar-refractivity contribution in [2.45, 2.75) is 63.3 Å². The summed E-state index contributed by atoms with van der Waals surface area (Å²) in [5, 5.41) is 7.14. The van der Waals surface area contributed by atoms with Crippen LogP contribution in [-0.2, 0) is 4.79 Å². The summed E-state index contributed by atoms with van der Waals surface area (Å²) in [6.07, 6.45) is 6.91. The van der Waals surface area contributed by atoms with Gasteiger partial charge >= 0.3 is 0 Å². The standard InChI is InChI=1S/C13H26N2OS/c1-13(2,3)14-9-12(16)15-10-5-7-11(17-4)8-6-10/h10-11,14H,5-9H2,1-4H3,(H,15,16). The number of thioether (sulfide) groups is 1. The first kappa shape index (κ1) is 14.8. The molecule has 0 unspecified atom stereocenters. The van der Waals surface area contributed by atoms with Crippen LogP contribution in [0.4, 0.5) is 0 Å². The molecule has 0 heterocycles. The fraction of sp³-hybridized carbons (Fsp3) is 0.923. The van der Waals surface area contributed by atoms with Gasteiger partial charge in [-0.25, -0.2) is 0 Å². The van der Waals surface area contributed by atoms with Crippen molar-refractivity contribution in [2.24, 2.45) is 0 Å². The topological polar surface area (TPSA) is 41.1 Å². The number of hydrogen-bond donors (Lipinski definition) is 2. The van der Waals surface area contributed by atoms with Crippen LogP contribution in [0.3, 0.4) is 0 Å². The Morgan fingerprint density at radius 3 is 2.29 bits per heavy atom. The molecule has 0 aromatic carbocycles. The highest BCUT2D eigenvalue weighted by Gasteiger charge is 2.22. The van der Waals surface area contributed by atoms with Crippen LogP contribution in [0.1, 0.15) is 46.5 Å². The van der Waals surface area contributed by atoms with Gasteiger partial charge < -0.3 is 10.6 Å². The van der Waals surface area contributed by atoms with E-state index in [0.29, 0.717) is 12.6 Å². The molecule has 0 radical (unpaired) electrons. The Bertz CT molecular complexity index is 242. The van der Waals surface area contributed by atoms with E-state index in [2.05, 4.69) is 37.7 Å². The summed E-state index contributed by atoms with van der Waals surface area (Å²) in [5.41, 5.74) is 0.00779. The van der Waals surface area contributed by atoms with Crippen molar-refractivity contribution in [3.8, 4) is 0 Å². The zero-order chi connectivity index (χ0) is 12.9. The zero-order valence-electron chi connectivity index (χ0n) is 11.5. The van der Waals surface area contributed by atoms with Gasteiger partial charge in [0.05, 0.1) is 6.54 Å². The molecular weight excluding hydrogens is 232 g/mol. The van der Waals surface area contributed by atoms with Crippen LogP contribution in [0.2, 0.25) is 0 Å². The lowest BCUT2D eigenvalue weighted by atomic mass is 9.95. The maximum Gasteiger partial charge on any atom is 0.234 e. The smallest absolute Gasteiger partial charge is 0.234 e. The van der Waals surface area contributed by atoms with Crippen LogP contribution >= 0.6 is 11.8 Å². The van der Waals surface area contributed by atoms with Crippen molar-refractivity contribution < 1.29 is 4.79 Å². The van der Waals surface area contributed by atoms with Crippen LogP contribution in [0.15, 0.2) is 0 Å². The molecule has 0 atom stereocenters. The van der Waals surface area contributed by atoms with Crippen molar-refractivity contribution in [1.29, 1.82) is 0 Å². The van der Waals surface area contributed by atoms with Gasteiger partial charge in [0, 0.05) is 16.8 Å². The number of nitrogens with one attached hydrogen (secondary N) is 2. The number of hydrogen-bond acceptors (Lipinski definition) is 3. The highest BCUT2D eigenvalue weighted by Crippen LogP contribution is 2.26. The third kappa shape index (κ3) is 6.32. The van der Waals surface area contributed by atoms with E-state index in [-0.39, 0.29) is 11.4 Å². The molecule has 1 amide bonds. The highest BCUT2D eigenvalue weighted by atomic mass is 32.2. The third-order valence-electron chi connectivity index (χ3n) is 3.15. The maximum atomic E-state index is 11.7. The van der Waals surface area contributed by atoms with Gasteiger partial charge in [-0.1, -0.05) is 0 Å². The first-order chi connectivity index (χ1) is 7.90. The molecule has 3 nitrogen and oxygen atoms in total. The molecule has 4 heteroatoms. The molecule has 100 valence electrons. The average molecular weight is 258 g/mol. The van der Waals surface area contributed by atoms with Gasteiger partial charge in [-0.2, -0.15) is 11.8 Å². The minimum Gasteiger partial charge on any atom is -0.352 e. The van der Waals surface area contributed by atoms with Crippen LogP contribution in [0.25, 0.3) is 0 Å². The molecular formula is C13H26N2OS. The molecule has 1 aliphatic rings. The predicted octanol–water partition coefficient (Wildman–Crippen LogP) is 2.16. The first-order valence-corrected chi connectivity index (χ1v) is 7.76. The number of carbonyl (C=O) groups excluding carboxylic acids is 1. The van der Waals surface area contributed by atoms with Gasteiger partial charge in [0.15, 0.2) is 0 Å². The lowest BCUT2D eigenvalue weighted by Crippen LogP contribution is -2.46. The molecule has 2 N–H and O–H groups in total. The third-order valence-corrected chi connectivity index (χ3v) is 4.29. The summed E-state index contributed by atoms with van der Waals surface area (Å²) in [4.78, 5) is 11.7. The molecule has 17 heavy (non-hydrogen) atoms. The number of carbonyl (C=O) groups is 1. The summed E-state index contributed by atoms with van der Waals surface area (Å²) >= 11 is 1.96. The fourth-order valence-corrected chi connectivity index (χ4v) is 2.81. The Morgan fingerprint density at radius 1 is 1.24 bits per heavy atom. The van der Waals surface area contributed by atoms with Gasteiger partial charge in [-0.05, 0) is 52.7 Å². The fourth-order valence-electron chi connectivity index (χ4n) is 2.07. The van der Waals surface area contributed by atoms with Crippen molar-refractivity contribution in [1.82, 2.24) is 10.6 Å². The number of amides is 1. The van der Waals surface area contributed by atoms with Crippen molar-refractivity contribution in [3.05, 3.63) is 0 Å². The molecule has 0 aromatic rings. The zero-order valence-corrected chi connectivity index (χ0v) is 12.3. The Labute approximate surface area is 109 Å². The van der Waals surface area contributed by atoms with E-state index in [1.54, 1.807) is 0 Å². The van der Waals surface area contributed by atoms with Gasteiger partial charge in [-0.15, -0.1) is 0 Å². The Morgan fingerprint density at radius 2 is 1.82 bits per heavy atom. The summed E-state index contributed by atoms with van der Waals surface area (Å²) in [7, 11) is 0. The second-order valence-electron chi connectivity index (χ2n) is 5.88. The molecule has 0 aromatic heterocycles. The van der Waals surface area contributed by atoms with Crippen LogP contribution in [-0.4, -0.2) is 35.5 Å². The Hall–Kier alpha value is -0.220. The molecule has 0 aliphatic heterocycles. The number of rotatable bonds is 4. The quantitative estimate of drug-likeness (QED) is 0.812. The summed E-state index contributed by atoms with van der Waals surface area (Å²) < 4.78 is 0. The molecule has 1 aliphatic carbocycles. The van der Waals surface area contributed by atoms with Crippen LogP contribution in [0, 0.1) is 0 Å². The predicted molar refractivity (Wildman–Crippen MR) is 75.5 cm³/mol. The molecule has 0 bridgehead atoms. The van der Waals surface area contributed by atoms with Crippen LogP contribution in [0.5, 0.6) is 0 Å². The second-order valence-corrected chi connectivity index (χ2v) is 7.02. The SMILES string of the molecule is CSC1CCC(NC(=O)CNC(C)(C)C)CC1. The van der Waals surface area contributed by atoms with E-state index in [1.807, 2.05) is 11.8 Å². The van der Waals surface area contributed by atoms with E-state index in [0.717, 1.165) is 18.1 Å². The average Bonchev–Trinajstić information content (AvgIpc) is 2.27. The van der Waals surface area contributed by atoms with Crippen molar-refractivity contribution in [2.75, 3.05) is 12.8 Å².